The Morgan fingerprint density at radius 3 is 2.76 bits per heavy atom. The van der Waals surface area contributed by atoms with E-state index in [1.54, 1.807) is 0 Å². The molecule has 0 aliphatic carbocycles. The minimum Gasteiger partial charge on any atom is -0.326 e. The van der Waals surface area contributed by atoms with E-state index in [1.165, 1.54) is 30.5 Å². The first-order valence-electron chi connectivity index (χ1n) is 6.79. The van der Waals surface area contributed by atoms with Crippen LogP contribution in [0.3, 0.4) is 0 Å². The highest BCUT2D eigenvalue weighted by Crippen LogP contribution is 2.30. The summed E-state index contributed by atoms with van der Waals surface area (Å²) >= 11 is 0. The Kier molecular flexibility index (Phi) is 4.19. The molecule has 1 saturated heterocycles. The van der Waals surface area contributed by atoms with Crippen molar-refractivity contribution < 1.29 is 0 Å². The number of rotatable bonds is 2. The van der Waals surface area contributed by atoms with Gasteiger partial charge in [-0.1, -0.05) is 37.6 Å². The normalized spacial score (nSPS) is 26.8. The molecule has 1 aromatic rings. The number of nitrogens with two attached hydrogens (primary N) is 1. The molecule has 2 heteroatoms. The highest BCUT2D eigenvalue weighted by molar-refractivity contribution is 5.30. The SMILES string of the molecule is CCN1CCCCC(N)C1c1ccccc1C. The Morgan fingerprint density at radius 1 is 1.29 bits per heavy atom. The van der Waals surface area contributed by atoms with Gasteiger partial charge < -0.3 is 5.73 Å². The zero-order valence-corrected chi connectivity index (χ0v) is 11.0. The van der Waals surface area contributed by atoms with Gasteiger partial charge in [0.05, 0.1) is 6.04 Å². The molecule has 2 rings (SSSR count). The second-order valence-electron chi connectivity index (χ2n) is 5.09. The van der Waals surface area contributed by atoms with Crippen LogP contribution in [0.2, 0.25) is 0 Å². The Balaban J connectivity index is 2.34. The zero-order valence-electron chi connectivity index (χ0n) is 11.0. The Labute approximate surface area is 105 Å². The molecule has 2 N–H and O–H groups in total. The standard InChI is InChI=1S/C15H24N2/c1-3-17-11-7-6-10-14(16)15(17)13-9-5-4-8-12(13)2/h4-5,8-9,14-15H,3,6-7,10-11,16H2,1-2H3. The fraction of sp³-hybridized carbons (Fsp3) is 0.600. The number of benzene rings is 1. The number of likely N-dealkylation sites (tertiary alicyclic amines) is 1. The number of hydrogen-bond donors (Lipinski definition) is 1. The molecule has 1 aromatic carbocycles. The van der Waals surface area contributed by atoms with E-state index in [1.807, 2.05) is 0 Å². The van der Waals surface area contributed by atoms with E-state index in [2.05, 4.69) is 43.0 Å². The fourth-order valence-electron chi connectivity index (χ4n) is 2.96. The second kappa shape index (κ2) is 5.65. The maximum absolute atomic E-state index is 6.40. The van der Waals surface area contributed by atoms with Crippen molar-refractivity contribution >= 4 is 0 Å². The molecule has 0 saturated carbocycles. The Hall–Kier alpha value is -0.860. The van der Waals surface area contributed by atoms with Gasteiger partial charge in [-0.3, -0.25) is 4.90 Å². The number of hydrogen-bond acceptors (Lipinski definition) is 2. The van der Waals surface area contributed by atoms with Crippen LogP contribution < -0.4 is 5.73 Å². The summed E-state index contributed by atoms with van der Waals surface area (Å²) in [4.78, 5) is 2.54. The monoisotopic (exact) mass is 232 g/mol. The van der Waals surface area contributed by atoms with Gasteiger partial charge in [0.15, 0.2) is 0 Å². The molecule has 1 aliphatic heterocycles. The molecule has 1 heterocycles. The van der Waals surface area contributed by atoms with Gasteiger partial charge in [-0.05, 0) is 44.0 Å². The molecule has 94 valence electrons. The van der Waals surface area contributed by atoms with Crippen molar-refractivity contribution in [1.82, 2.24) is 4.90 Å². The molecule has 1 aliphatic rings. The molecule has 1 fully saturated rings. The molecular weight excluding hydrogens is 208 g/mol. The Morgan fingerprint density at radius 2 is 2.06 bits per heavy atom. The summed E-state index contributed by atoms with van der Waals surface area (Å²) in [5.41, 5.74) is 9.19. The van der Waals surface area contributed by atoms with E-state index in [4.69, 9.17) is 5.73 Å². The maximum Gasteiger partial charge on any atom is 0.0501 e. The van der Waals surface area contributed by atoms with Crippen LogP contribution >= 0.6 is 0 Å². The lowest BCUT2D eigenvalue weighted by molar-refractivity contribution is 0.195. The first kappa shape index (κ1) is 12.6. The van der Waals surface area contributed by atoms with Crippen LogP contribution in [0, 0.1) is 6.92 Å². The molecule has 0 radical (unpaired) electrons. The summed E-state index contributed by atoms with van der Waals surface area (Å²) < 4.78 is 0. The highest BCUT2D eigenvalue weighted by atomic mass is 15.2. The number of aryl methyl sites for hydroxylation is 1. The molecule has 2 unspecified atom stereocenters. The van der Waals surface area contributed by atoms with Gasteiger partial charge in [0, 0.05) is 6.04 Å². The van der Waals surface area contributed by atoms with Gasteiger partial charge in [-0.25, -0.2) is 0 Å². The van der Waals surface area contributed by atoms with Gasteiger partial charge >= 0.3 is 0 Å². The van der Waals surface area contributed by atoms with Gasteiger partial charge in [-0.2, -0.15) is 0 Å². The largest absolute Gasteiger partial charge is 0.326 e. The smallest absolute Gasteiger partial charge is 0.0501 e. The summed E-state index contributed by atoms with van der Waals surface area (Å²) in [6, 6.07) is 9.36. The number of nitrogens with zero attached hydrogens (tertiary/aromatic N) is 1. The van der Waals surface area contributed by atoms with Gasteiger partial charge in [0.1, 0.15) is 0 Å². The summed E-state index contributed by atoms with van der Waals surface area (Å²) in [6.45, 7) is 6.71. The molecule has 0 spiro atoms. The number of likely N-dealkylation sites (N-methyl/N-ethyl adjacent to an activating group) is 1. The molecule has 0 amide bonds. The van der Waals surface area contributed by atoms with Crippen molar-refractivity contribution in [3.05, 3.63) is 35.4 Å². The van der Waals surface area contributed by atoms with Crippen molar-refractivity contribution in [2.45, 2.75) is 45.2 Å². The summed E-state index contributed by atoms with van der Waals surface area (Å²) in [5, 5.41) is 0. The second-order valence-corrected chi connectivity index (χ2v) is 5.09. The van der Waals surface area contributed by atoms with Gasteiger partial charge in [0.25, 0.3) is 0 Å². The average Bonchev–Trinajstić information content (AvgIpc) is 2.52. The third-order valence-electron chi connectivity index (χ3n) is 3.95. The first-order valence-corrected chi connectivity index (χ1v) is 6.79. The van der Waals surface area contributed by atoms with Crippen LogP contribution in [-0.2, 0) is 0 Å². The predicted octanol–water partition coefficient (Wildman–Crippen LogP) is 2.87. The molecule has 0 aromatic heterocycles. The lowest BCUT2D eigenvalue weighted by atomic mass is 9.93. The summed E-state index contributed by atoms with van der Waals surface area (Å²) in [6.07, 6.45) is 3.69. The van der Waals surface area contributed by atoms with Crippen molar-refractivity contribution in [3.8, 4) is 0 Å². The van der Waals surface area contributed by atoms with Crippen LogP contribution in [0.1, 0.15) is 43.4 Å². The topological polar surface area (TPSA) is 29.3 Å². The van der Waals surface area contributed by atoms with Crippen molar-refractivity contribution in [1.29, 1.82) is 0 Å². The zero-order chi connectivity index (χ0) is 12.3. The van der Waals surface area contributed by atoms with Gasteiger partial charge in [0.2, 0.25) is 0 Å². The van der Waals surface area contributed by atoms with E-state index in [-0.39, 0.29) is 6.04 Å². The summed E-state index contributed by atoms with van der Waals surface area (Å²) in [7, 11) is 0. The van der Waals surface area contributed by atoms with E-state index in [0.717, 1.165) is 13.0 Å². The quantitative estimate of drug-likeness (QED) is 0.849. The highest BCUT2D eigenvalue weighted by Gasteiger charge is 2.28. The van der Waals surface area contributed by atoms with E-state index in [0.29, 0.717) is 6.04 Å². The predicted molar refractivity (Wildman–Crippen MR) is 73.0 cm³/mol. The molecule has 2 atom stereocenters. The average molecular weight is 232 g/mol. The molecule has 0 bridgehead atoms. The van der Waals surface area contributed by atoms with Crippen LogP contribution in [0.15, 0.2) is 24.3 Å². The van der Waals surface area contributed by atoms with E-state index >= 15 is 0 Å². The van der Waals surface area contributed by atoms with E-state index in [9.17, 15) is 0 Å². The molecule has 17 heavy (non-hydrogen) atoms. The van der Waals surface area contributed by atoms with Crippen molar-refractivity contribution in [3.63, 3.8) is 0 Å². The van der Waals surface area contributed by atoms with Crippen LogP contribution in [0.4, 0.5) is 0 Å². The third-order valence-corrected chi connectivity index (χ3v) is 3.95. The van der Waals surface area contributed by atoms with Gasteiger partial charge in [-0.15, -0.1) is 0 Å². The minimum absolute atomic E-state index is 0.276. The lowest BCUT2D eigenvalue weighted by Gasteiger charge is -2.33. The first-order chi connectivity index (χ1) is 8.24. The Bertz CT molecular complexity index is 362. The lowest BCUT2D eigenvalue weighted by Crippen LogP contribution is -2.40. The van der Waals surface area contributed by atoms with Crippen LogP contribution in [0.25, 0.3) is 0 Å². The minimum atomic E-state index is 0.276. The van der Waals surface area contributed by atoms with Crippen molar-refractivity contribution in [2.24, 2.45) is 5.73 Å². The molecular formula is C15H24N2. The molecule has 2 nitrogen and oxygen atoms in total. The van der Waals surface area contributed by atoms with Crippen molar-refractivity contribution in [2.75, 3.05) is 13.1 Å². The third kappa shape index (κ3) is 2.70. The fourth-order valence-corrected chi connectivity index (χ4v) is 2.96. The van der Waals surface area contributed by atoms with Crippen LogP contribution in [0.5, 0.6) is 0 Å². The van der Waals surface area contributed by atoms with Crippen LogP contribution in [-0.4, -0.2) is 24.0 Å². The summed E-state index contributed by atoms with van der Waals surface area (Å²) in [5.74, 6) is 0. The maximum atomic E-state index is 6.40. The van der Waals surface area contributed by atoms with E-state index < -0.39 is 0 Å².